The van der Waals surface area contributed by atoms with Crippen molar-refractivity contribution in [1.29, 1.82) is 0 Å². The molecule has 0 saturated carbocycles. The number of hydrogen-bond acceptors (Lipinski definition) is 11. The fourth-order valence-corrected chi connectivity index (χ4v) is 6.30. The van der Waals surface area contributed by atoms with Crippen LogP contribution in [0.25, 0.3) is 22.6 Å². The largest absolute Gasteiger partial charge is 0.444 e. The van der Waals surface area contributed by atoms with Crippen LogP contribution in [0.3, 0.4) is 0 Å². The van der Waals surface area contributed by atoms with E-state index < -0.39 is 11.7 Å². The van der Waals surface area contributed by atoms with Crippen LogP contribution < -0.4 is 21.7 Å². The first-order chi connectivity index (χ1) is 22.4. The van der Waals surface area contributed by atoms with Crippen LogP contribution in [0, 0.1) is 6.92 Å². The predicted octanol–water partition coefficient (Wildman–Crippen LogP) is 5.58. The molecule has 11 nitrogen and oxygen atoms in total. The van der Waals surface area contributed by atoms with Crippen LogP contribution in [0.2, 0.25) is 0 Å². The summed E-state index contributed by atoms with van der Waals surface area (Å²) in [7, 11) is 2.19. The molecular formula is C35H47N9O2S. The van der Waals surface area contributed by atoms with E-state index >= 15 is 0 Å². The first-order valence-corrected chi connectivity index (χ1v) is 17.0. The molecule has 12 heteroatoms. The second kappa shape index (κ2) is 15.1. The van der Waals surface area contributed by atoms with Gasteiger partial charge in [-0.1, -0.05) is 36.4 Å². The van der Waals surface area contributed by atoms with Crippen molar-refractivity contribution in [2.75, 3.05) is 69.2 Å². The second-order valence-corrected chi connectivity index (χ2v) is 13.9. The molecule has 0 radical (unpaired) electrons. The van der Waals surface area contributed by atoms with Gasteiger partial charge in [-0.05, 0) is 75.9 Å². The number of nitrogens with two attached hydrogens (primary N) is 2. The summed E-state index contributed by atoms with van der Waals surface area (Å²) in [6, 6.07) is 17.0. The van der Waals surface area contributed by atoms with Gasteiger partial charge in [0.2, 0.25) is 0 Å². The van der Waals surface area contributed by atoms with E-state index in [0.717, 1.165) is 66.7 Å². The number of alkyl carbamates (subject to hydrolysis) is 1. The maximum Gasteiger partial charge on any atom is 0.407 e. The highest BCUT2D eigenvalue weighted by Crippen LogP contribution is 2.36. The smallest absolute Gasteiger partial charge is 0.407 e. The lowest BCUT2D eigenvalue weighted by atomic mass is 10.00. The van der Waals surface area contributed by atoms with E-state index in [2.05, 4.69) is 86.4 Å². The molecule has 0 unspecified atom stereocenters. The highest BCUT2D eigenvalue weighted by molar-refractivity contribution is 7.14. The number of carbonyl (C=O) groups excluding carboxylic acids is 1. The molecule has 1 saturated heterocycles. The minimum atomic E-state index is -0.555. The third-order valence-corrected chi connectivity index (χ3v) is 8.91. The van der Waals surface area contributed by atoms with E-state index in [1.165, 1.54) is 23.0 Å². The quantitative estimate of drug-likeness (QED) is 0.175. The number of piperazine rings is 1. The van der Waals surface area contributed by atoms with E-state index in [1.54, 1.807) is 0 Å². The summed E-state index contributed by atoms with van der Waals surface area (Å²) in [5.74, 6) is 0.969. The monoisotopic (exact) mass is 657 g/mol. The average molecular weight is 658 g/mol. The number of ether oxygens (including phenoxy) is 1. The summed E-state index contributed by atoms with van der Waals surface area (Å²) in [6.07, 6.45) is 1.28. The highest BCUT2D eigenvalue weighted by Gasteiger charge is 2.20. The first kappa shape index (κ1) is 34.1. The van der Waals surface area contributed by atoms with E-state index in [1.807, 2.05) is 26.2 Å². The molecular weight excluding hydrogens is 611 g/mol. The Balaban J connectivity index is 1.35. The number of likely N-dealkylation sites (N-methyl/N-ethyl adjacent to an activating group) is 1. The maximum absolute atomic E-state index is 12.3. The summed E-state index contributed by atoms with van der Waals surface area (Å²) in [4.78, 5) is 33.0. The molecule has 0 bridgehead atoms. The number of rotatable bonds is 11. The van der Waals surface area contributed by atoms with Gasteiger partial charge in [0, 0.05) is 62.9 Å². The molecule has 2 aromatic carbocycles. The zero-order chi connectivity index (χ0) is 33.6. The Morgan fingerprint density at radius 3 is 2.34 bits per heavy atom. The van der Waals surface area contributed by atoms with Crippen molar-refractivity contribution >= 4 is 39.9 Å². The third-order valence-electron chi connectivity index (χ3n) is 8.04. The Morgan fingerprint density at radius 1 is 0.979 bits per heavy atom. The Hall–Kier alpha value is -4.26. The van der Waals surface area contributed by atoms with Crippen molar-refractivity contribution in [3.63, 3.8) is 0 Å². The zero-order valence-electron chi connectivity index (χ0n) is 28.1. The number of thiazole rings is 1. The number of anilines is 4. The van der Waals surface area contributed by atoms with Crippen molar-refractivity contribution in [2.45, 2.75) is 46.1 Å². The average Bonchev–Trinajstić information content (AvgIpc) is 3.51. The van der Waals surface area contributed by atoms with Crippen LogP contribution in [-0.4, -0.2) is 89.3 Å². The second-order valence-electron chi connectivity index (χ2n) is 13.1. The molecule has 3 heterocycles. The number of aromatic nitrogens is 3. The molecule has 5 N–H and O–H groups in total. The molecule has 2 aromatic heterocycles. The van der Waals surface area contributed by atoms with Crippen molar-refractivity contribution in [1.82, 2.24) is 30.1 Å². The first-order valence-electron chi connectivity index (χ1n) is 16.1. The van der Waals surface area contributed by atoms with Crippen LogP contribution in [-0.2, 0) is 11.2 Å². The number of nitrogens with zero attached hydrogens (tertiary/aromatic N) is 6. The van der Waals surface area contributed by atoms with Crippen LogP contribution in [0.4, 0.5) is 27.2 Å². The zero-order valence-corrected chi connectivity index (χ0v) is 28.9. The number of hydrogen-bond donors (Lipinski definition) is 3. The standard InChI is InChI=1S/C35H47N9O2S/c1-24-7-10-27(26-11-8-25(9-12-26)13-16-43-19-17-42(5)18-20-43)21-29(24)44(15-6-14-38-34(45)46-35(2,3)4)33-39-28(23-47-33)32-40-30(36)22-31(37)41-32/h7-12,21-23H,6,13-20H2,1-5H3,(H,38,45)(H4,36,37,40,41). The lowest BCUT2D eigenvalue weighted by Gasteiger charge is -2.32. The molecule has 1 fully saturated rings. The van der Waals surface area contributed by atoms with Crippen molar-refractivity contribution in [3.05, 3.63) is 65.0 Å². The molecule has 250 valence electrons. The van der Waals surface area contributed by atoms with Gasteiger partial charge in [0.25, 0.3) is 0 Å². The van der Waals surface area contributed by atoms with Gasteiger partial charge in [-0.2, -0.15) is 0 Å². The molecule has 47 heavy (non-hydrogen) atoms. The topological polar surface area (TPSA) is 139 Å². The molecule has 5 rings (SSSR count). The van der Waals surface area contributed by atoms with E-state index in [4.69, 9.17) is 21.2 Å². The molecule has 0 aliphatic carbocycles. The fraction of sp³-hybridized carbons (Fsp3) is 0.429. The van der Waals surface area contributed by atoms with Gasteiger partial charge in [-0.15, -0.1) is 11.3 Å². The number of nitrogens with one attached hydrogen (secondary N) is 1. The maximum atomic E-state index is 12.3. The summed E-state index contributed by atoms with van der Waals surface area (Å²) in [5.41, 5.74) is 17.7. The normalized spacial score (nSPS) is 14.2. The molecule has 1 aliphatic rings. The van der Waals surface area contributed by atoms with Crippen LogP contribution >= 0.6 is 11.3 Å². The summed E-state index contributed by atoms with van der Waals surface area (Å²) < 4.78 is 5.42. The van der Waals surface area contributed by atoms with Gasteiger partial charge < -0.3 is 36.2 Å². The third kappa shape index (κ3) is 9.63. The van der Waals surface area contributed by atoms with Gasteiger partial charge in [0.15, 0.2) is 11.0 Å². The minimum Gasteiger partial charge on any atom is -0.444 e. The SMILES string of the molecule is Cc1ccc(-c2ccc(CCN3CCN(C)CC3)cc2)cc1N(CCCNC(=O)OC(C)(C)C)c1nc(-c2nc(N)cc(N)n2)cs1. The van der Waals surface area contributed by atoms with E-state index in [-0.39, 0.29) is 0 Å². The number of aryl methyl sites for hydroxylation is 1. The van der Waals surface area contributed by atoms with Crippen molar-refractivity contribution in [3.8, 4) is 22.6 Å². The lowest BCUT2D eigenvalue weighted by Crippen LogP contribution is -2.45. The predicted molar refractivity (Wildman–Crippen MR) is 192 cm³/mol. The van der Waals surface area contributed by atoms with Crippen LogP contribution in [0.15, 0.2) is 53.9 Å². The number of nitrogen functional groups attached to an aromatic ring is 2. The van der Waals surface area contributed by atoms with Crippen LogP contribution in [0.1, 0.15) is 38.3 Å². The number of carbonyl (C=O) groups is 1. The van der Waals surface area contributed by atoms with Gasteiger partial charge in [-0.25, -0.2) is 19.7 Å². The minimum absolute atomic E-state index is 0.293. The Kier molecular flexibility index (Phi) is 10.9. The van der Waals surface area contributed by atoms with Crippen molar-refractivity contribution in [2.24, 2.45) is 0 Å². The molecule has 0 spiro atoms. The Bertz CT molecular complexity index is 1620. The molecule has 0 atom stereocenters. The van der Waals surface area contributed by atoms with Crippen molar-refractivity contribution < 1.29 is 9.53 Å². The van der Waals surface area contributed by atoms with Gasteiger partial charge in [0.05, 0.1) is 0 Å². The summed E-state index contributed by atoms with van der Waals surface area (Å²) in [5, 5.41) is 5.56. The highest BCUT2D eigenvalue weighted by atomic mass is 32.1. The fourth-order valence-electron chi connectivity index (χ4n) is 5.45. The number of amides is 1. The molecule has 1 aliphatic heterocycles. The number of benzene rings is 2. The Labute approximate surface area is 282 Å². The Morgan fingerprint density at radius 2 is 1.66 bits per heavy atom. The van der Waals surface area contributed by atoms with Gasteiger partial charge in [-0.3, -0.25) is 0 Å². The summed E-state index contributed by atoms with van der Waals surface area (Å²) >= 11 is 1.50. The van der Waals surface area contributed by atoms with E-state index in [9.17, 15) is 4.79 Å². The van der Waals surface area contributed by atoms with E-state index in [0.29, 0.717) is 42.7 Å². The molecule has 1 amide bonds. The van der Waals surface area contributed by atoms with Gasteiger partial charge in [0.1, 0.15) is 22.9 Å². The van der Waals surface area contributed by atoms with Gasteiger partial charge >= 0.3 is 6.09 Å². The van der Waals surface area contributed by atoms with Crippen LogP contribution in [0.5, 0.6) is 0 Å². The molecule has 4 aromatic rings. The lowest BCUT2D eigenvalue weighted by molar-refractivity contribution is 0.0527. The summed E-state index contributed by atoms with van der Waals surface area (Å²) in [6.45, 7) is 14.3.